The first-order valence-electron chi connectivity index (χ1n) is 10.8. The number of hydrogen-bond donors (Lipinski definition) is 0. The number of alkyl halides is 3. The van der Waals surface area contributed by atoms with Crippen molar-refractivity contribution >= 4 is 15.8 Å². The number of aromatic nitrogens is 2. The van der Waals surface area contributed by atoms with Gasteiger partial charge in [-0.2, -0.15) is 13.2 Å². The van der Waals surface area contributed by atoms with Crippen LogP contribution >= 0.6 is 0 Å². The number of imidazole rings is 1. The first-order chi connectivity index (χ1) is 17.0. The van der Waals surface area contributed by atoms with Crippen molar-refractivity contribution in [2.24, 2.45) is 0 Å². The number of rotatable bonds is 6. The average molecular weight is 515 g/mol. The average Bonchev–Trinajstić information content (AvgIpc) is 3.29. The van der Waals surface area contributed by atoms with Gasteiger partial charge in [0.2, 0.25) is 0 Å². The largest absolute Gasteiger partial charge is 0.461 e. The molecule has 0 saturated carbocycles. The van der Waals surface area contributed by atoms with E-state index in [9.17, 15) is 26.4 Å². The summed E-state index contributed by atoms with van der Waals surface area (Å²) in [6.07, 6.45) is -2.18. The molecule has 0 amide bonds. The van der Waals surface area contributed by atoms with Crippen LogP contribution in [0.15, 0.2) is 83.9 Å². The van der Waals surface area contributed by atoms with Crippen LogP contribution in [-0.2, 0) is 20.8 Å². The highest BCUT2D eigenvalue weighted by molar-refractivity contribution is 7.90. The Morgan fingerprint density at radius 3 is 2.31 bits per heavy atom. The standard InChI is InChI=1S/C26H21F3N2O4S/c1-3-35-25(32)23-16-31(24(30-23)21-9-4-5-10-22(21)26(27,28)29)19-13-11-17(12-14-19)18-7-6-8-20(15-18)36(2,33)34/h4-16H,3H2,1-2H3. The van der Waals surface area contributed by atoms with Crippen molar-refractivity contribution in [1.82, 2.24) is 9.55 Å². The summed E-state index contributed by atoms with van der Waals surface area (Å²) in [5.41, 5.74) is 0.603. The molecule has 6 nitrogen and oxygen atoms in total. The van der Waals surface area contributed by atoms with Gasteiger partial charge in [-0.05, 0) is 48.4 Å². The minimum atomic E-state index is -4.63. The Kier molecular flexibility index (Phi) is 6.73. The molecule has 0 aliphatic heterocycles. The summed E-state index contributed by atoms with van der Waals surface area (Å²) in [6, 6.07) is 18.1. The van der Waals surface area contributed by atoms with Gasteiger partial charge in [-0.15, -0.1) is 0 Å². The fourth-order valence-corrected chi connectivity index (χ4v) is 4.38. The van der Waals surface area contributed by atoms with E-state index in [1.54, 1.807) is 49.4 Å². The molecular weight excluding hydrogens is 493 g/mol. The van der Waals surface area contributed by atoms with E-state index in [4.69, 9.17) is 4.74 Å². The van der Waals surface area contributed by atoms with Crippen molar-refractivity contribution in [3.05, 3.63) is 90.3 Å². The SMILES string of the molecule is CCOC(=O)c1cn(-c2ccc(-c3cccc(S(C)(=O)=O)c3)cc2)c(-c2ccccc2C(F)(F)F)n1. The van der Waals surface area contributed by atoms with Gasteiger partial charge in [0.05, 0.1) is 17.1 Å². The topological polar surface area (TPSA) is 78.3 Å². The normalized spacial score (nSPS) is 11.9. The third kappa shape index (κ3) is 5.18. The number of carbonyl (C=O) groups is 1. The van der Waals surface area contributed by atoms with Crippen LogP contribution in [0.25, 0.3) is 28.2 Å². The Bertz CT molecular complexity index is 1530. The summed E-state index contributed by atoms with van der Waals surface area (Å²) in [4.78, 5) is 16.7. The third-order valence-electron chi connectivity index (χ3n) is 5.40. The molecule has 0 fully saturated rings. The van der Waals surface area contributed by atoms with E-state index in [1.807, 2.05) is 0 Å². The van der Waals surface area contributed by atoms with E-state index in [1.165, 1.54) is 35.0 Å². The van der Waals surface area contributed by atoms with Gasteiger partial charge in [0.1, 0.15) is 5.82 Å². The number of hydrogen-bond acceptors (Lipinski definition) is 5. The second kappa shape index (κ2) is 9.62. The Hall–Kier alpha value is -3.92. The molecule has 10 heteroatoms. The highest BCUT2D eigenvalue weighted by Gasteiger charge is 2.35. The molecule has 186 valence electrons. The van der Waals surface area contributed by atoms with Crippen LogP contribution in [0.2, 0.25) is 0 Å². The fraction of sp³-hybridized carbons (Fsp3) is 0.154. The van der Waals surface area contributed by atoms with Gasteiger partial charge in [0.25, 0.3) is 0 Å². The summed E-state index contributed by atoms with van der Waals surface area (Å²) in [6.45, 7) is 1.70. The molecule has 0 saturated heterocycles. The molecule has 36 heavy (non-hydrogen) atoms. The lowest BCUT2D eigenvalue weighted by atomic mass is 10.0. The number of esters is 1. The lowest BCUT2D eigenvalue weighted by Gasteiger charge is -2.14. The number of ether oxygens (including phenoxy) is 1. The number of sulfone groups is 1. The van der Waals surface area contributed by atoms with Gasteiger partial charge in [0, 0.05) is 23.7 Å². The zero-order chi connectivity index (χ0) is 26.1. The number of nitrogens with zero attached hydrogens (tertiary/aromatic N) is 2. The zero-order valence-corrected chi connectivity index (χ0v) is 20.1. The lowest BCUT2D eigenvalue weighted by Crippen LogP contribution is -2.09. The maximum atomic E-state index is 13.7. The van der Waals surface area contributed by atoms with E-state index in [-0.39, 0.29) is 28.6 Å². The molecule has 1 heterocycles. The van der Waals surface area contributed by atoms with Crippen molar-refractivity contribution in [3.8, 4) is 28.2 Å². The predicted molar refractivity (Wildman–Crippen MR) is 129 cm³/mol. The Morgan fingerprint density at radius 1 is 0.972 bits per heavy atom. The Morgan fingerprint density at radius 2 is 1.67 bits per heavy atom. The fourth-order valence-electron chi connectivity index (χ4n) is 3.72. The summed E-state index contributed by atoms with van der Waals surface area (Å²) in [5, 5.41) is 0. The highest BCUT2D eigenvalue weighted by Crippen LogP contribution is 2.37. The molecule has 0 spiro atoms. The second-order valence-corrected chi connectivity index (χ2v) is 9.95. The summed E-state index contributed by atoms with van der Waals surface area (Å²) in [5.74, 6) is -0.825. The van der Waals surface area contributed by atoms with Crippen LogP contribution in [0.1, 0.15) is 23.0 Å². The monoisotopic (exact) mass is 514 g/mol. The zero-order valence-electron chi connectivity index (χ0n) is 19.3. The maximum Gasteiger partial charge on any atom is 0.417 e. The molecule has 0 unspecified atom stereocenters. The van der Waals surface area contributed by atoms with Crippen molar-refractivity contribution in [3.63, 3.8) is 0 Å². The van der Waals surface area contributed by atoms with Gasteiger partial charge in [-0.1, -0.05) is 42.5 Å². The summed E-state index contributed by atoms with van der Waals surface area (Å²) < 4.78 is 71.4. The van der Waals surface area contributed by atoms with E-state index in [2.05, 4.69) is 4.98 Å². The minimum Gasteiger partial charge on any atom is -0.461 e. The van der Waals surface area contributed by atoms with Gasteiger partial charge in [-0.3, -0.25) is 4.57 Å². The quantitative estimate of drug-likeness (QED) is 0.304. The van der Waals surface area contributed by atoms with E-state index >= 15 is 0 Å². The molecule has 3 aromatic carbocycles. The molecule has 1 aromatic heterocycles. The second-order valence-electron chi connectivity index (χ2n) is 7.93. The van der Waals surface area contributed by atoms with Crippen molar-refractivity contribution in [1.29, 1.82) is 0 Å². The van der Waals surface area contributed by atoms with Gasteiger partial charge in [-0.25, -0.2) is 18.2 Å². The number of carbonyl (C=O) groups excluding carboxylic acids is 1. The van der Waals surface area contributed by atoms with Crippen molar-refractivity contribution in [2.75, 3.05) is 12.9 Å². The van der Waals surface area contributed by atoms with Crippen LogP contribution in [0.5, 0.6) is 0 Å². The molecule has 0 radical (unpaired) electrons. The van der Waals surface area contributed by atoms with Crippen LogP contribution < -0.4 is 0 Å². The molecule has 0 atom stereocenters. The first kappa shape index (κ1) is 25.2. The molecule has 0 aliphatic rings. The predicted octanol–water partition coefficient (Wildman–Crippen LogP) is 5.81. The van der Waals surface area contributed by atoms with Crippen LogP contribution in [0.3, 0.4) is 0 Å². The lowest BCUT2D eigenvalue weighted by molar-refractivity contribution is -0.137. The van der Waals surface area contributed by atoms with Crippen molar-refractivity contribution in [2.45, 2.75) is 18.0 Å². The summed E-state index contributed by atoms with van der Waals surface area (Å²) in [7, 11) is -3.40. The molecular formula is C26H21F3N2O4S. The minimum absolute atomic E-state index is 0.0715. The van der Waals surface area contributed by atoms with Crippen molar-refractivity contribution < 1.29 is 31.1 Å². The van der Waals surface area contributed by atoms with E-state index < -0.39 is 27.5 Å². The first-order valence-corrected chi connectivity index (χ1v) is 12.7. The molecule has 4 aromatic rings. The summed E-state index contributed by atoms with van der Waals surface area (Å²) >= 11 is 0. The van der Waals surface area contributed by atoms with E-state index in [0.29, 0.717) is 16.8 Å². The van der Waals surface area contributed by atoms with Gasteiger partial charge in [0.15, 0.2) is 15.5 Å². The van der Waals surface area contributed by atoms with Gasteiger partial charge >= 0.3 is 12.1 Å². The van der Waals surface area contributed by atoms with Gasteiger partial charge < -0.3 is 4.74 Å². The maximum absolute atomic E-state index is 13.7. The molecule has 0 aliphatic carbocycles. The van der Waals surface area contributed by atoms with Crippen LogP contribution in [0, 0.1) is 0 Å². The van der Waals surface area contributed by atoms with Crippen LogP contribution in [-0.4, -0.2) is 36.8 Å². The smallest absolute Gasteiger partial charge is 0.417 e. The molecule has 4 rings (SSSR count). The van der Waals surface area contributed by atoms with E-state index in [0.717, 1.165) is 12.3 Å². The highest BCUT2D eigenvalue weighted by atomic mass is 32.2. The number of halogens is 3. The Labute approximate surface area is 205 Å². The Balaban J connectivity index is 1.83. The molecule has 0 N–H and O–H groups in total. The van der Waals surface area contributed by atoms with Crippen LogP contribution in [0.4, 0.5) is 13.2 Å². The number of benzene rings is 3. The molecule has 0 bridgehead atoms. The third-order valence-corrected chi connectivity index (χ3v) is 6.52.